The number of oxime groups is 1. The van der Waals surface area contributed by atoms with Gasteiger partial charge in [0.25, 0.3) is 0 Å². The van der Waals surface area contributed by atoms with Crippen molar-refractivity contribution in [1.29, 1.82) is 0 Å². The number of fused-ring (bicyclic) bond motifs is 1. The van der Waals surface area contributed by atoms with E-state index in [0.29, 0.717) is 0 Å². The molecule has 4 nitrogen and oxygen atoms in total. The Hall–Kier alpha value is -2.69. The summed E-state index contributed by atoms with van der Waals surface area (Å²) in [7, 11) is 1.52. The molecule has 0 fully saturated rings. The van der Waals surface area contributed by atoms with Crippen molar-refractivity contribution in [2.45, 2.75) is 26.3 Å². The Balaban J connectivity index is 2.11. The summed E-state index contributed by atoms with van der Waals surface area (Å²) in [4.78, 5) is 9.50. The molecule has 124 valence electrons. The average molecular weight is 325 g/mol. The summed E-state index contributed by atoms with van der Waals surface area (Å²) in [6, 6.07) is 12.5. The standard InChI is InChI=1S/C19H20FN3O/c1-3-4-11-23-18-10-5-14(13-21-24-2)12-17(18)22-19(23)15-6-8-16(20)9-7-15/h5-10,12-13H,3-4,11H2,1-2H3/b21-13+. The van der Waals surface area contributed by atoms with Crippen molar-refractivity contribution in [2.24, 2.45) is 5.16 Å². The number of halogens is 1. The first-order chi connectivity index (χ1) is 11.7. The monoisotopic (exact) mass is 325 g/mol. The number of rotatable bonds is 6. The lowest BCUT2D eigenvalue weighted by Gasteiger charge is -2.08. The van der Waals surface area contributed by atoms with Gasteiger partial charge in [0.2, 0.25) is 0 Å². The average Bonchev–Trinajstić information content (AvgIpc) is 2.96. The van der Waals surface area contributed by atoms with E-state index < -0.39 is 0 Å². The minimum absolute atomic E-state index is 0.243. The molecule has 5 heteroatoms. The Kier molecular flexibility index (Phi) is 4.89. The fraction of sp³-hybridized carbons (Fsp3) is 0.263. The van der Waals surface area contributed by atoms with Gasteiger partial charge >= 0.3 is 0 Å². The van der Waals surface area contributed by atoms with Gasteiger partial charge in [0.15, 0.2) is 0 Å². The van der Waals surface area contributed by atoms with Gasteiger partial charge in [0.1, 0.15) is 18.8 Å². The number of benzene rings is 2. The molecule has 0 aliphatic rings. The number of imidazole rings is 1. The number of aromatic nitrogens is 2. The molecule has 0 unspecified atom stereocenters. The van der Waals surface area contributed by atoms with Gasteiger partial charge < -0.3 is 9.40 Å². The summed E-state index contributed by atoms with van der Waals surface area (Å²) in [5.41, 5.74) is 3.80. The maximum atomic E-state index is 13.2. The maximum absolute atomic E-state index is 13.2. The quantitative estimate of drug-likeness (QED) is 0.490. The van der Waals surface area contributed by atoms with E-state index in [2.05, 4.69) is 16.6 Å². The summed E-state index contributed by atoms with van der Waals surface area (Å²) in [6.45, 7) is 3.04. The van der Waals surface area contributed by atoms with Crippen molar-refractivity contribution in [3.8, 4) is 11.4 Å². The molecule has 3 rings (SSSR count). The van der Waals surface area contributed by atoms with Crippen molar-refractivity contribution in [1.82, 2.24) is 9.55 Å². The normalized spacial score (nSPS) is 11.5. The van der Waals surface area contributed by atoms with E-state index >= 15 is 0 Å². The third kappa shape index (κ3) is 3.30. The molecule has 2 aromatic carbocycles. The number of nitrogens with zero attached hydrogens (tertiary/aromatic N) is 3. The van der Waals surface area contributed by atoms with Gasteiger partial charge in [-0.25, -0.2) is 9.37 Å². The molecule has 0 spiro atoms. The third-order valence-corrected chi connectivity index (χ3v) is 3.92. The van der Waals surface area contributed by atoms with Crippen LogP contribution in [-0.4, -0.2) is 22.9 Å². The van der Waals surface area contributed by atoms with Crippen LogP contribution in [0.2, 0.25) is 0 Å². The van der Waals surface area contributed by atoms with Gasteiger partial charge in [0, 0.05) is 12.1 Å². The van der Waals surface area contributed by atoms with E-state index in [1.54, 1.807) is 18.3 Å². The largest absolute Gasteiger partial charge is 0.399 e. The minimum atomic E-state index is -0.243. The van der Waals surface area contributed by atoms with Crippen LogP contribution in [0.4, 0.5) is 4.39 Å². The highest BCUT2D eigenvalue weighted by Gasteiger charge is 2.12. The summed E-state index contributed by atoms with van der Waals surface area (Å²) in [5, 5.41) is 3.79. The van der Waals surface area contributed by atoms with Crippen LogP contribution in [0, 0.1) is 5.82 Å². The molecule has 24 heavy (non-hydrogen) atoms. The topological polar surface area (TPSA) is 39.4 Å². The highest BCUT2D eigenvalue weighted by Crippen LogP contribution is 2.26. The molecule has 3 aromatic rings. The summed E-state index contributed by atoms with van der Waals surface area (Å²) in [6.07, 6.45) is 3.82. The molecule has 0 aliphatic carbocycles. The van der Waals surface area contributed by atoms with Crippen molar-refractivity contribution >= 4 is 17.2 Å². The third-order valence-electron chi connectivity index (χ3n) is 3.92. The highest BCUT2D eigenvalue weighted by molar-refractivity contribution is 5.88. The van der Waals surface area contributed by atoms with Gasteiger partial charge in [0.05, 0.1) is 17.2 Å². The molecular formula is C19H20FN3O. The van der Waals surface area contributed by atoms with Gasteiger partial charge in [-0.05, 0) is 48.4 Å². The van der Waals surface area contributed by atoms with Crippen LogP contribution < -0.4 is 0 Å². The van der Waals surface area contributed by atoms with Crippen LogP contribution in [0.15, 0.2) is 47.6 Å². The predicted octanol–water partition coefficient (Wildman–Crippen LogP) is 4.62. The molecule has 0 radical (unpaired) electrons. The molecule has 0 bridgehead atoms. The zero-order valence-corrected chi connectivity index (χ0v) is 13.9. The van der Waals surface area contributed by atoms with Crippen molar-refractivity contribution < 1.29 is 9.23 Å². The Morgan fingerprint density at radius 1 is 1.21 bits per heavy atom. The molecular weight excluding hydrogens is 305 g/mol. The van der Waals surface area contributed by atoms with Gasteiger partial charge in [-0.2, -0.15) is 0 Å². The van der Waals surface area contributed by atoms with Gasteiger partial charge in [-0.3, -0.25) is 0 Å². The Bertz CT molecular complexity index is 853. The number of unbranched alkanes of at least 4 members (excludes halogenated alkanes) is 1. The first-order valence-electron chi connectivity index (χ1n) is 8.05. The lowest BCUT2D eigenvalue weighted by atomic mass is 10.2. The van der Waals surface area contributed by atoms with Crippen LogP contribution in [-0.2, 0) is 11.4 Å². The van der Waals surface area contributed by atoms with E-state index in [1.807, 2.05) is 18.2 Å². The predicted molar refractivity (Wildman–Crippen MR) is 94.6 cm³/mol. The number of hydrogen-bond donors (Lipinski definition) is 0. The highest BCUT2D eigenvalue weighted by atomic mass is 19.1. The molecule has 0 atom stereocenters. The summed E-state index contributed by atoms with van der Waals surface area (Å²) >= 11 is 0. The molecule has 0 saturated heterocycles. The van der Waals surface area contributed by atoms with E-state index in [-0.39, 0.29) is 5.82 Å². The molecule has 1 aromatic heterocycles. The lowest BCUT2D eigenvalue weighted by Crippen LogP contribution is -2.00. The first kappa shape index (κ1) is 16.2. The first-order valence-corrected chi connectivity index (χ1v) is 8.05. The SMILES string of the molecule is CCCCn1c(-c2ccc(F)cc2)nc2cc(/C=N/OC)ccc21. The van der Waals surface area contributed by atoms with E-state index in [1.165, 1.54) is 19.2 Å². The summed E-state index contributed by atoms with van der Waals surface area (Å²) < 4.78 is 15.4. The fourth-order valence-electron chi connectivity index (χ4n) is 2.70. The van der Waals surface area contributed by atoms with E-state index in [9.17, 15) is 4.39 Å². The Morgan fingerprint density at radius 2 is 2.00 bits per heavy atom. The molecule has 0 amide bonds. The van der Waals surface area contributed by atoms with Crippen LogP contribution in [0.1, 0.15) is 25.3 Å². The molecule has 1 heterocycles. The van der Waals surface area contributed by atoms with Gasteiger partial charge in [-0.15, -0.1) is 0 Å². The number of aryl methyl sites for hydroxylation is 1. The minimum Gasteiger partial charge on any atom is -0.399 e. The second kappa shape index (κ2) is 7.25. The van der Waals surface area contributed by atoms with Crippen molar-refractivity contribution in [2.75, 3.05) is 7.11 Å². The Labute approximate surface area is 140 Å². The molecule has 0 aliphatic heterocycles. The zero-order chi connectivity index (χ0) is 16.9. The number of hydrogen-bond acceptors (Lipinski definition) is 3. The van der Waals surface area contributed by atoms with E-state index in [0.717, 1.165) is 47.4 Å². The van der Waals surface area contributed by atoms with Crippen molar-refractivity contribution in [3.63, 3.8) is 0 Å². The summed E-state index contributed by atoms with van der Waals surface area (Å²) in [5.74, 6) is 0.618. The smallest absolute Gasteiger partial charge is 0.141 e. The fourth-order valence-corrected chi connectivity index (χ4v) is 2.70. The zero-order valence-electron chi connectivity index (χ0n) is 13.9. The van der Waals surface area contributed by atoms with Crippen LogP contribution in [0.25, 0.3) is 22.4 Å². The van der Waals surface area contributed by atoms with Crippen LogP contribution >= 0.6 is 0 Å². The van der Waals surface area contributed by atoms with Crippen LogP contribution in [0.3, 0.4) is 0 Å². The van der Waals surface area contributed by atoms with Crippen LogP contribution in [0.5, 0.6) is 0 Å². The van der Waals surface area contributed by atoms with Gasteiger partial charge in [-0.1, -0.05) is 24.6 Å². The molecule has 0 saturated carbocycles. The maximum Gasteiger partial charge on any atom is 0.141 e. The second-order valence-corrected chi connectivity index (χ2v) is 5.61. The van der Waals surface area contributed by atoms with E-state index in [4.69, 9.17) is 9.82 Å². The van der Waals surface area contributed by atoms with Crippen molar-refractivity contribution in [3.05, 3.63) is 53.8 Å². The molecule has 0 N–H and O–H groups in total. The lowest BCUT2D eigenvalue weighted by molar-refractivity contribution is 0.215. The Morgan fingerprint density at radius 3 is 2.71 bits per heavy atom. The second-order valence-electron chi connectivity index (χ2n) is 5.61.